The molecule has 0 fully saturated rings. The minimum absolute atomic E-state index is 0.551. The third-order valence-corrected chi connectivity index (χ3v) is 2.12. The Morgan fingerprint density at radius 1 is 1.56 bits per heavy atom. The van der Waals surface area contributed by atoms with Crippen molar-refractivity contribution >= 4 is 11.7 Å². The van der Waals surface area contributed by atoms with E-state index in [1.807, 2.05) is 0 Å². The number of carbonyl (C=O) groups is 1. The fourth-order valence-corrected chi connectivity index (χ4v) is 1.32. The van der Waals surface area contributed by atoms with E-state index in [1.165, 1.54) is 6.07 Å². The molecule has 0 unspecified atom stereocenters. The molecule has 0 radical (unpaired) electrons. The van der Waals surface area contributed by atoms with Crippen molar-refractivity contribution in [2.24, 2.45) is 0 Å². The van der Waals surface area contributed by atoms with Gasteiger partial charge in [-0.15, -0.1) is 0 Å². The molecule has 0 atom stereocenters. The van der Waals surface area contributed by atoms with Gasteiger partial charge in [0, 0.05) is 17.7 Å². The first-order valence-corrected chi connectivity index (χ1v) is 4.51. The lowest BCUT2D eigenvalue weighted by Gasteiger charge is -2.07. The van der Waals surface area contributed by atoms with Crippen molar-refractivity contribution in [3.8, 4) is 6.07 Å². The Hall–Kier alpha value is -2.56. The molecule has 1 rings (SSSR count). The van der Waals surface area contributed by atoms with Crippen LogP contribution in [0.3, 0.4) is 0 Å². The van der Waals surface area contributed by atoms with Crippen LogP contribution in [0.15, 0.2) is 12.1 Å². The molecule has 0 aromatic heterocycles. The number of benzene rings is 1. The largest absolute Gasteiger partial charge is 0.465 e. The number of hydrogen-bond acceptors (Lipinski definition) is 5. The second-order valence-electron chi connectivity index (χ2n) is 3.12. The number of nitro groups is 1. The minimum atomic E-state index is -3.11. The Bertz CT molecular complexity index is 552. The summed E-state index contributed by atoms with van der Waals surface area (Å²) in [4.78, 5) is 20.9. The predicted molar refractivity (Wildman–Crippen MR) is 54.1 cm³/mol. The van der Waals surface area contributed by atoms with Crippen molar-refractivity contribution in [3.05, 3.63) is 38.9 Å². The highest BCUT2D eigenvalue weighted by atomic mass is 19.3. The molecule has 8 heteroatoms. The van der Waals surface area contributed by atoms with E-state index >= 15 is 0 Å². The molecule has 0 aliphatic rings. The van der Waals surface area contributed by atoms with Gasteiger partial charge in [-0.2, -0.15) is 5.26 Å². The first-order chi connectivity index (χ1) is 8.42. The van der Waals surface area contributed by atoms with Crippen molar-refractivity contribution in [3.63, 3.8) is 0 Å². The molecule has 6 nitrogen and oxygen atoms in total. The molecule has 1 aromatic carbocycles. The molecule has 94 valence electrons. The molecule has 0 aliphatic carbocycles. The molecule has 0 amide bonds. The number of alkyl halides is 2. The molecule has 0 spiro atoms. The van der Waals surface area contributed by atoms with Crippen molar-refractivity contribution in [1.82, 2.24) is 0 Å². The fraction of sp³-hybridized carbons (Fsp3) is 0.200. The van der Waals surface area contributed by atoms with Gasteiger partial charge in [-0.3, -0.25) is 10.1 Å². The summed E-state index contributed by atoms with van der Waals surface area (Å²) in [5, 5.41) is 19.3. The molecule has 18 heavy (non-hydrogen) atoms. The lowest BCUT2D eigenvalue weighted by molar-refractivity contribution is -0.385. The van der Waals surface area contributed by atoms with Crippen LogP contribution >= 0.6 is 0 Å². The number of esters is 1. The van der Waals surface area contributed by atoms with Crippen LogP contribution in [0.25, 0.3) is 0 Å². The van der Waals surface area contributed by atoms with Crippen LogP contribution in [0.1, 0.15) is 27.9 Å². The smallest absolute Gasteiger partial charge is 0.339 e. The molecule has 0 aliphatic heterocycles. The van der Waals surface area contributed by atoms with Gasteiger partial charge >= 0.3 is 5.97 Å². The highest BCUT2D eigenvalue weighted by Crippen LogP contribution is 2.30. The number of halogens is 2. The summed E-state index contributed by atoms with van der Waals surface area (Å²) < 4.78 is 29.6. The average molecular weight is 256 g/mol. The average Bonchev–Trinajstić information content (AvgIpc) is 2.35. The van der Waals surface area contributed by atoms with Crippen molar-refractivity contribution < 1.29 is 23.2 Å². The van der Waals surface area contributed by atoms with Gasteiger partial charge in [0.25, 0.3) is 12.1 Å². The molecule has 0 saturated heterocycles. The monoisotopic (exact) mass is 256 g/mol. The van der Waals surface area contributed by atoms with Gasteiger partial charge in [-0.1, -0.05) is 0 Å². The molecule has 0 N–H and O–H groups in total. The lowest BCUT2D eigenvalue weighted by atomic mass is 10.0. The van der Waals surface area contributed by atoms with Gasteiger partial charge in [0.15, 0.2) is 0 Å². The molecule has 0 saturated carbocycles. The first-order valence-electron chi connectivity index (χ1n) is 4.51. The number of carbonyl (C=O) groups excluding carboxylic acids is 1. The number of rotatable bonds is 3. The Balaban J connectivity index is 3.62. The van der Waals surface area contributed by atoms with Gasteiger partial charge < -0.3 is 4.74 Å². The topological polar surface area (TPSA) is 93.2 Å². The molecule has 0 bridgehead atoms. The van der Waals surface area contributed by atoms with E-state index in [1.54, 1.807) is 0 Å². The van der Waals surface area contributed by atoms with E-state index in [-0.39, 0.29) is 0 Å². The van der Waals surface area contributed by atoms with Crippen LogP contribution in [-0.4, -0.2) is 18.0 Å². The van der Waals surface area contributed by atoms with Crippen LogP contribution < -0.4 is 0 Å². The summed E-state index contributed by atoms with van der Waals surface area (Å²) in [6, 6.07) is 2.72. The number of methoxy groups -OCH3 is 1. The predicted octanol–water partition coefficient (Wildman–Crippen LogP) is 2.19. The second kappa shape index (κ2) is 5.18. The second-order valence-corrected chi connectivity index (χ2v) is 3.12. The Labute approximate surface area is 99.5 Å². The van der Waals surface area contributed by atoms with E-state index in [9.17, 15) is 23.7 Å². The van der Waals surface area contributed by atoms with Gasteiger partial charge in [0.1, 0.15) is 6.07 Å². The maximum Gasteiger partial charge on any atom is 0.339 e. The first kappa shape index (κ1) is 13.5. The normalized spacial score (nSPS) is 9.94. The number of non-ortho nitro benzene ring substituents is 1. The van der Waals surface area contributed by atoms with Crippen molar-refractivity contribution in [1.29, 1.82) is 5.26 Å². The van der Waals surface area contributed by atoms with E-state index in [0.717, 1.165) is 13.2 Å². The zero-order valence-corrected chi connectivity index (χ0v) is 9.02. The van der Waals surface area contributed by atoms with E-state index in [0.29, 0.717) is 6.07 Å². The summed E-state index contributed by atoms with van der Waals surface area (Å²) >= 11 is 0. The van der Waals surface area contributed by atoms with Crippen LogP contribution in [0, 0.1) is 21.4 Å². The van der Waals surface area contributed by atoms with Gasteiger partial charge in [-0.25, -0.2) is 13.6 Å². The van der Waals surface area contributed by atoms with Gasteiger partial charge in [0.05, 0.1) is 23.2 Å². The minimum Gasteiger partial charge on any atom is -0.465 e. The van der Waals surface area contributed by atoms with E-state index in [2.05, 4.69) is 4.74 Å². The van der Waals surface area contributed by atoms with Crippen LogP contribution in [0.2, 0.25) is 0 Å². The highest BCUT2D eigenvalue weighted by molar-refractivity contribution is 5.93. The number of hydrogen-bond donors (Lipinski definition) is 0. The Morgan fingerprint density at radius 3 is 2.56 bits per heavy atom. The standard InChI is InChI=1S/C10H6F2N2O4/c1-18-10(15)7-3-5(14(16)17)2-6(9(11)12)8(7)4-13/h2-3,9H,1H3. The SMILES string of the molecule is COC(=O)c1cc([N+](=O)[O-])cc(C(F)F)c1C#N. The van der Waals surface area contributed by atoms with Crippen molar-refractivity contribution in [2.75, 3.05) is 7.11 Å². The van der Waals surface area contributed by atoms with Crippen molar-refractivity contribution in [2.45, 2.75) is 6.43 Å². The molecular weight excluding hydrogens is 250 g/mol. The molecule has 0 heterocycles. The zero-order chi connectivity index (χ0) is 13.9. The third kappa shape index (κ3) is 2.40. The number of nitriles is 1. The Morgan fingerprint density at radius 2 is 2.17 bits per heavy atom. The summed E-state index contributed by atoms with van der Waals surface area (Å²) in [6.07, 6.45) is -3.11. The third-order valence-electron chi connectivity index (χ3n) is 2.12. The summed E-state index contributed by atoms with van der Waals surface area (Å²) in [5.41, 5.74) is -2.75. The summed E-state index contributed by atoms with van der Waals surface area (Å²) in [7, 11) is 0.977. The summed E-state index contributed by atoms with van der Waals surface area (Å²) in [5.74, 6) is -1.09. The van der Waals surface area contributed by atoms with Gasteiger partial charge in [0.2, 0.25) is 0 Å². The number of nitro benzene ring substituents is 1. The van der Waals surface area contributed by atoms with E-state index in [4.69, 9.17) is 5.26 Å². The van der Waals surface area contributed by atoms with Gasteiger partial charge in [-0.05, 0) is 0 Å². The maximum absolute atomic E-state index is 12.7. The zero-order valence-electron chi connectivity index (χ0n) is 9.02. The highest BCUT2D eigenvalue weighted by Gasteiger charge is 2.25. The maximum atomic E-state index is 12.7. The number of ether oxygens (including phenoxy) is 1. The van der Waals surface area contributed by atoms with E-state index < -0.39 is 39.7 Å². The Kier molecular flexibility index (Phi) is 3.89. The lowest BCUT2D eigenvalue weighted by Crippen LogP contribution is -2.08. The molecular formula is C10H6F2N2O4. The van der Waals surface area contributed by atoms with Crippen LogP contribution in [0.5, 0.6) is 0 Å². The molecule has 1 aromatic rings. The fourth-order valence-electron chi connectivity index (χ4n) is 1.32. The number of nitrogens with zero attached hydrogens (tertiary/aromatic N) is 2. The quantitative estimate of drug-likeness (QED) is 0.469. The van der Waals surface area contributed by atoms with Crippen LogP contribution in [0.4, 0.5) is 14.5 Å². The van der Waals surface area contributed by atoms with Crippen LogP contribution in [-0.2, 0) is 4.74 Å². The summed E-state index contributed by atoms with van der Waals surface area (Å²) in [6.45, 7) is 0.